The molecule has 0 saturated heterocycles. The van der Waals surface area contributed by atoms with Gasteiger partial charge in [-0.1, -0.05) is 38.5 Å². The summed E-state index contributed by atoms with van der Waals surface area (Å²) in [5.41, 5.74) is 0. The number of carboxylic acids is 1. The Balaban J connectivity index is 3.74. The van der Waals surface area contributed by atoms with Crippen LogP contribution >= 0.6 is 0 Å². The second-order valence-electron chi connectivity index (χ2n) is 6.78. The highest BCUT2D eigenvalue weighted by molar-refractivity contribution is 5.66. The number of unbranched alkanes of at least 4 members (excludes halogenated alkanes) is 6. The van der Waals surface area contributed by atoms with Gasteiger partial charge in [0.25, 0.3) is 0 Å². The van der Waals surface area contributed by atoms with Gasteiger partial charge in [0, 0.05) is 19.4 Å². The van der Waals surface area contributed by atoms with Gasteiger partial charge in [0.1, 0.15) is 0 Å². The van der Waals surface area contributed by atoms with Crippen LogP contribution in [-0.2, 0) is 4.79 Å². The molecule has 0 aromatic heterocycles. The molecule has 0 fully saturated rings. The van der Waals surface area contributed by atoms with Crippen molar-refractivity contribution in [3.8, 4) is 0 Å². The highest BCUT2D eigenvalue weighted by atomic mass is 16.4. The number of rotatable bonds is 17. The molecule has 0 amide bonds. The van der Waals surface area contributed by atoms with E-state index in [1.807, 2.05) is 0 Å². The van der Waals surface area contributed by atoms with Crippen molar-refractivity contribution in [1.29, 1.82) is 0 Å². The Morgan fingerprint density at radius 3 is 1.56 bits per heavy atom. The average molecular weight is 364 g/mol. The lowest BCUT2D eigenvalue weighted by atomic mass is 9.96. The molecule has 0 spiro atoms. The number of hydrogen-bond acceptors (Lipinski definition) is 6. The largest absolute Gasteiger partial charge is 0.481 e. The number of carboxylic acid groups (broad SMARTS) is 1. The number of hydrogen-bond donors (Lipinski definition) is 6. The molecule has 0 rings (SSSR count). The summed E-state index contributed by atoms with van der Waals surface area (Å²) in [5, 5.41) is 56.8. The number of carbonyl (C=O) groups is 1. The van der Waals surface area contributed by atoms with Gasteiger partial charge in [-0.2, -0.15) is 0 Å². The molecule has 4 unspecified atom stereocenters. The Morgan fingerprint density at radius 2 is 1.08 bits per heavy atom. The molecule has 150 valence electrons. The van der Waals surface area contributed by atoms with Gasteiger partial charge < -0.3 is 30.6 Å². The standard InChI is InChI=1S/C18H36O7/c19-12-8-4-6-10-15(21)17(23)13-16(22)14(20)9-5-2-1-3-7-11-18(24)25/h14-17,19-23H,1-13H2,(H,24,25). The number of aliphatic hydroxyl groups excluding tert-OH is 5. The molecule has 25 heavy (non-hydrogen) atoms. The van der Waals surface area contributed by atoms with Crippen molar-refractivity contribution in [1.82, 2.24) is 0 Å². The normalized spacial score (nSPS) is 16.4. The predicted molar refractivity (Wildman–Crippen MR) is 94.2 cm³/mol. The summed E-state index contributed by atoms with van der Waals surface area (Å²) in [7, 11) is 0. The van der Waals surface area contributed by atoms with Gasteiger partial charge in [-0.15, -0.1) is 0 Å². The Bertz CT molecular complexity index is 325. The third kappa shape index (κ3) is 14.2. The van der Waals surface area contributed by atoms with Crippen LogP contribution in [0.25, 0.3) is 0 Å². The van der Waals surface area contributed by atoms with Gasteiger partial charge in [0.2, 0.25) is 0 Å². The van der Waals surface area contributed by atoms with Crippen molar-refractivity contribution < 1.29 is 35.4 Å². The smallest absolute Gasteiger partial charge is 0.303 e. The van der Waals surface area contributed by atoms with Gasteiger partial charge in [-0.25, -0.2) is 0 Å². The second kappa shape index (κ2) is 15.5. The highest BCUT2D eigenvalue weighted by Crippen LogP contribution is 2.16. The van der Waals surface area contributed by atoms with Crippen LogP contribution in [0.4, 0.5) is 0 Å². The van der Waals surface area contributed by atoms with E-state index >= 15 is 0 Å². The quantitative estimate of drug-likeness (QED) is 0.213. The van der Waals surface area contributed by atoms with Crippen LogP contribution in [0.2, 0.25) is 0 Å². The van der Waals surface area contributed by atoms with Gasteiger partial charge in [0.05, 0.1) is 24.4 Å². The van der Waals surface area contributed by atoms with Crippen molar-refractivity contribution in [3.05, 3.63) is 0 Å². The first-order valence-corrected chi connectivity index (χ1v) is 9.43. The van der Waals surface area contributed by atoms with Crippen molar-refractivity contribution in [2.24, 2.45) is 0 Å². The maximum Gasteiger partial charge on any atom is 0.303 e. The minimum absolute atomic E-state index is 0.0685. The molecule has 4 atom stereocenters. The maximum absolute atomic E-state index is 10.4. The Labute approximate surface area is 150 Å². The monoisotopic (exact) mass is 364 g/mol. The highest BCUT2D eigenvalue weighted by Gasteiger charge is 2.24. The van der Waals surface area contributed by atoms with E-state index in [4.69, 9.17) is 10.2 Å². The Kier molecular flexibility index (Phi) is 15.1. The molecular weight excluding hydrogens is 328 g/mol. The van der Waals surface area contributed by atoms with Crippen LogP contribution < -0.4 is 0 Å². The van der Waals surface area contributed by atoms with E-state index in [9.17, 15) is 25.2 Å². The summed E-state index contributed by atoms with van der Waals surface area (Å²) in [6.45, 7) is 0.114. The second-order valence-corrected chi connectivity index (χ2v) is 6.78. The first-order chi connectivity index (χ1) is 11.9. The van der Waals surface area contributed by atoms with Gasteiger partial charge in [0.15, 0.2) is 0 Å². The maximum atomic E-state index is 10.4. The van der Waals surface area contributed by atoms with Crippen LogP contribution in [0.3, 0.4) is 0 Å². The summed E-state index contributed by atoms with van der Waals surface area (Å²) in [6.07, 6.45) is 3.03. The molecule has 7 nitrogen and oxygen atoms in total. The predicted octanol–water partition coefficient (Wildman–Crippen LogP) is 1.19. The molecule has 0 saturated carbocycles. The molecule has 0 aromatic carbocycles. The Morgan fingerprint density at radius 1 is 0.640 bits per heavy atom. The number of aliphatic hydroxyl groups is 5. The van der Waals surface area contributed by atoms with Crippen molar-refractivity contribution in [2.75, 3.05) is 6.61 Å². The van der Waals surface area contributed by atoms with E-state index in [2.05, 4.69) is 0 Å². The minimum atomic E-state index is -1.07. The van der Waals surface area contributed by atoms with E-state index in [0.29, 0.717) is 32.1 Å². The van der Waals surface area contributed by atoms with E-state index in [-0.39, 0.29) is 19.4 Å². The van der Waals surface area contributed by atoms with Gasteiger partial charge in [-0.05, 0) is 25.7 Å². The fourth-order valence-corrected chi connectivity index (χ4v) is 2.75. The van der Waals surface area contributed by atoms with E-state index in [1.54, 1.807) is 0 Å². The van der Waals surface area contributed by atoms with Crippen LogP contribution in [0.5, 0.6) is 0 Å². The summed E-state index contributed by atoms with van der Waals surface area (Å²) in [4.78, 5) is 10.4. The van der Waals surface area contributed by atoms with Crippen LogP contribution in [0, 0.1) is 0 Å². The van der Waals surface area contributed by atoms with Crippen molar-refractivity contribution in [2.45, 2.75) is 101 Å². The third-order valence-corrected chi connectivity index (χ3v) is 4.42. The fraction of sp³-hybridized carbons (Fsp3) is 0.944. The summed E-state index contributed by atoms with van der Waals surface area (Å²) >= 11 is 0. The molecule has 7 heteroatoms. The number of aliphatic carboxylic acids is 1. The first kappa shape index (κ1) is 24.3. The zero-order valence-corrected chi connectivity index (χ0v) is 15.1. The summed E-state index contributed by atoms with van der Waals surface area (Å²) in [6, 6.07) is 0. The van der Waals surface area contributed by atoms with Gasteiger partial charge >= 0.3 is 5.97 Å². The molecule has 6 N–H and O–H groups in total. The molecule has 0 radical (unpaired) electrons. The van der Waals surface area contributed by atoms with Crippen molar-refractivity contribution >= 4 is 5.97 Å². The van der Waals surface area contributed by atoms with Crippen LogP contribution in [-0.4, -0.2) is 67.6 Å². The molecule has 0 heterocycles. The lowest BCUT2D eigenvalue weighted by molar-refractivity contribution is -0.137. The summed E-state index contributed by atoms with van der Waals surface area (Å²) in [5.74, 6) is -0.785. The summed E-state index contributed by atoms with van der Waals surface area (Å²) < 4.78 is 0. The third-order valence-electron chi connectivity index (χ3n) is 4.42. The molecular formula is C18H36O7. The van der Waals surface area contributed by atoms with Crippen molar-refractivity contribution in [3.63, 3.8) is 0 Å². The molecule has 0 aliphatic rings. The molecule has 0 aliphatic heterocycles. The van der Waals surface area contributed by atoms with E-state index in [1.165, 1.54) is 0 Å². The zero-order chi connectivity index (χ0) is 19.1. The lowest BCUT2D eigenvalue weighted by Crippen LogP contribution is -2.35. The van der Waals surface area contributed by atoms with Crippen LogP contribution in [0.1, 0.15) is 77.0 Å². The average Bonchev–Trinajstić information content (AvgIpc) is 2.56. The lowest BCUT2D eigenvalue weighted by Gasteiger charge is -2.23. The van der Waals surface area contributed by atoms with Gasteiger partial charge in [-0.3, -0.25) is 4.79 Å². The van der Waals surface area contributed by atoms with E-state index in [0.717, 1.165) is 32.1 Å². The zero-order valence-electron chi connectivity index (χ0n) is 15.1. The van der Waals surface area contributed by atoms with E-state index < -0.39 is 30.4 Å². The molecule has 0 aliphatic carbocycles. The first-order valence-electron chi connectivity index (χ1n) is 9.43. The topological polar surface area (TPSA) is 138 Å². The fourth-order valence-electron chi connectivity index (χ4n) is 2.75. The minimum Gasteiger partial charge on any atom is -0.481 e. The molecule has 0 aromatic rings. The SMILES string of the molecule is O=C(O)CCCCCCCC(O)C(O)CC(O)C(O)CCCCCO. The molecule has 0 bridgehead atoms. The Hall–Kier alpha value is -0.730. The van der Waals surface area contributed by atoms with Crippen LogP contribution in [0.15, 0.2) is 0 Å².